The standard InChI is InChI=1S/C17H15BrCl2N4O/c1-25-13-4-2-11(3-5-13)8-24-9-15(20)22-16(10-24)23-17-14(18)6-12(19)7-21-17/h2-7,9H,8,10H2,1H3,(H,21,22,23). The molecule has 5 nitrogen and oxygen atoms in total. The van der Waals surface area contributed by atoms with Crippen molar-refractivity contribution < 1.29 is 4.74 Å². The van der Waals surface area contributed by atoms with Crippen LogP contribution in [0, 0.1) is 0 Å². The van der Waals surface area contributed by atoms with Gasteiger partial charge in [-0.1, -0.05) is 35.3 Å². The molecule has 0 saturated heterocycles. The van der Waals surface area contributed by atoms with Gasteiger partial charge in [-0.3, -0.25) is 0 Å². The highest BCUT2D eigenvalue weighted by atomic mass is 79.9. The van der Waals surface area contributed by atoms with E-state index in [1.54, 1.807) is 19.4 Å². The lowest BCUT2D eigenvalue weighted by Crippen LogP contribution is -2.38. The van der Waals surface area contributed by atoms with Crippen molar-refractivity contribution >= 4 is 50.8 Å². The Labute approximate surface area is 164 Å². The number of amidine groups is 1. The summed E-state index contributed by atoms with van der Waals surface area (Å²) in [5.41, 5.74) is 1.15. The van der Waals surface area contributed by atoms with Crippen LogP contribution in [0.4, 0.5) is 5.82 Å². The largest absolute Gasteiger partial charge is 0.497 e. The topological polar surface area (TPSA) is 49.8 Å². The fraction of sp³-hybridized carbons (Fsp3) is 0.176. The Morgan fingerprint density at radius 1 is 1.32 bits per heavy atom. The molecular weight excluding hydrogens is 427 g/mol. The minimum Gasteiger partial charge on any atom is -0.497 e. The highest BCUT2D eigenvalue weighted by Gasteiger charge is 2.15. The summed E-state index contributed by atoms with van der Waals surface area (Å²) in [5.74, 6) is 2.08. The van der Waals surface area contributed by atoms with Crippen molar-refractivity contribution in [1.82, 2.24) is 15.2 Å². The molecule has 0 amide bonds. The van der Waals surface area contributed by atoms with Gasteiger partial charge in [0.15, 0.2) is 5.82 Å². The first-order chi connectivity index (χ1) is 12.0. The third kappa shape index (κ3) is 4.87. The SMILES string of the molecule is COc1ccc(CN2C=C(Cl)N/C(=N/c3ncc(Cl)cc3Br)C2)cc1. The Hall–Kier alpha value is -1.76. The maximum Gasteiger partial charge on any atom is 0.168 e. The smallest absolute Gasteiger partial charge is 0.168 e. The van der Waals surface area contributed by atoms with E-state index in [0.717, 1.165) is 15.8 Å². The van der Waals surface area contributed by atoms with Crippen LogP contribution in [0.3, 0.4) is 0 Å². The van der Waals surface area contributed by atoms with E-state index < -0.39 is 0 Å². The van der Waals surface area contributed by atoms with Crippen LogP contribution in [0.2, 0.25) is 5.02 Å². The molecule has 8 heteroatoms. The summed E-state index contributed by atoms with van der Waals surface area (Å²) in [6.07, 6.45) is 3.41. The average Bonchev–Trinajstić information content (AvgIpc) is 2.58. The molecule has 1 aromatic heterocycles. The number of aromatic nitrogens is 1. The highest BCUT2D eigenvalue weighted by molar-refractivity contribution is 9.10. The van der Waals surface area contributed by atoms with Crippen LogP contribution >= 0.6 is 39.1 Å². The van der Waals surface area contributed by atoms with E-state index in [0.29, 0.717) is 34.9 Å². The van der Waals surface area contributed by atoms with Gasteiger partial charge >= 0.3 is 0 Å². The predicted molar refractivity (Wildman–Crippen MR) is 105 cm³/mol. The molecule has 0 aliphatic carbocycles. The second-order valence-electron chi connectivity index (χ2n) is 5.37. The molecule has 0 atom stereocenters. The first-order valence-electron chi connectivity index (χ1n) is 7.43. The van der Waals surface area contributed by atoms with Crippen LogP contribution in [-0.4, -0.2) is 29.4 Å². The summed E-state index contributed by atoms with van der Waals surface area (Å²) < 4.78 is 5.91. The van der Waals surface area contributed by atoms with E-state index in [1.807, 2.05) is 30.5 Å². The molecule has 0 bridgehead atoms. The highest BCUT2D eigenvalue weighted by Crippen LogP contribution is 2.26. The van der Waals surface area contributed by atoms with Crippen molar-refractivity contribution in [3.05, 3.63) is 62.9 Å². The van der Waals surface area contributed by atoms with Gasteiger partial charge < -0.3 is 15.0 Å². The van der Waals surface area contributed by atoms with Crippen LogP contribution < -0.4 is 10.1 Å². The number of hydrogen-bond acceptors (Lipinski definition) is 4. The van der Waals surface area contributed by atoms with Crippen LogP contribution in [0.1, 0.15) is 5.56 Å². The number of nitrogens with one attached hydrogen (secondary N) is 1. The quantitative estimate of drug-likeness (QED) is 0.699. The zero-order chi connectivity index (χ0) is 17.8. The van der Waals surface area contributed by atoms with Gasteiger partial charge in [0.25, 0.3) is 0 Å². The number of aliphatic imine (C=N–C) groups is 1. The van der Waals surface area contributed by atoms with Gasteiger partial charge in [0.2, 0.25) is 0 Å². The number of ether oxygens (including phenoxy) is 1. The lowest BCUT2D eigenvalue weighted by Gasteiger charge is -2.27. The molecule has 1 aliphatic heterocycles. The minimum atomic E-state index is 0.503. The molecule has 0 saturated carbocycles. The molecule has 25 heavy (non-hydrogen) atoms. The van der Waals surface area contributed by atoms with Crippen molar-refractivity contribution in [1.29, 1.82) is 0 Å². The first kappa shape index (κ1) is 18.0. The van der Waals surface area contributed by atoms with E-state index in [2.05, 4.69) is 36.1 Å². The van der Waals surface area contributed by atoms with Gasteiger partial charge in [0.1, 0.15) is 16.7 Å². The van der Waals surface area contributed by atoms with E-state index in [-0.39, 0.29) is 0 Å². The lowest BCUT2D eigenvalue weighted by atomic mass is 10.2. The van der Waals surface area contributed by atoms with Gasteiger partial charge in [-0.25, -0.2) is 9.98 Å². The number of hydrogen-bond donors (Lipinski definition) is 1. The summed E-state index contributed by atoms with van der Waals surface area (Å²) in [7, 11) is 1.65. The molecule has 2 aromatic rings. The van der Waals surface area contributed by atoms with E-state index >= 15 is 0 Å². The van der Waals surface area contributed by atoms with Crippen molar-refractivity contribution in [2.45, 2.75) is 6.54 Å². The Kier molecular flexibility index (Phi) is 5.83. The van der Waals surface area contributed by atoms with Gasteiger partial charge in [-0.05, 0) is 39.7 Å². The molecule has 1 N–H and O–H groups in total. The minimum absolute atomic E-state index is 0.503. The maximum absolute atomic E-state index is 6.21. The monoisotopic (exact) mass is 440 g/mol. The van der Waals surface area contributed by atoms with Crippen LogP contribution in [0.15, 0.2) is 57.3 Å². The summed E-state index contributed by atoms with van der Waals surface area (Å²) in [4.78, 5) is 10.8. The maximum atomic E-state index is 6.21. The van der Waals surface area contributed by atoms with Crippen molar-refractivity contribution in [3.8, 4) is 5.75 Å². The van der Waals surface area contributed by atoms with Crippen LogP contribution in [-0.2, 0) is 6.54 Å². The molecule has 0 fully saturated rings. The summed E-state index contributed by atoms with van der Waals surface area (Å²) in [6, 6.07) is 9.68. The molecular formula is C17H15BrCl2N4O. The van der Waals surface area contributed by atoms with Gasteiger partial charge in [0, 0.05) is 18.9 Å². The fourth-order valence-corrected chi connectivity index (χ4v) is 3.33. The first-order valence-corrected chi connectivity index (χ1v) is 8.98. The predicted octanol–water partition coefficient (Wildman–Crippen LogP) is 4.68. The van der Waals surface area contributed by atoms with Crippen LogP contribution in [0.25, 0.3) is 0 Å². The molecule has 0 radical (unpaired) electrons. The number of nitrogens with zero attached hydrogens (tertiary/aromatic N) is 3. The number of rotatable bonds is 4. The number of methoxy groups -OCH3 is 1. The molecule has 1 aromatic carbocycles. The molecule has 3 rings (SSSR count). The van der Waals surface area contributed by atoms with Crippen molar-refractivity contribution in [2.24, 2.45) is 4.99 Å². The second kappa shape index (κ2) is 8.08. The normalized spacial score (nSPS) is 15.8. The Morgan fingerprint density at radius 2 is 2.08 bits per heavy atom. The van der Waals surface area contributed by atoms with E-state index in [4.69, 9.17) is 27.9 Å². The van der Waals surface area contributed by atoms with Crippen LogP contribution in [0.5, 0.6) is 5.75 Å². The fourth-order valence-electron chi connectivity index (χ4n) is 2.36. The summed E-state index contributed by atoms with van der Waals surface area (Å²) in [6.45, 7) is 1.29. The van der Waals surface area contributed by atoms with Gasteiger partial charge in [0.05, 0.1) is 23.1 Å². The third-order valence-electron chi connectivity index (χ3n) is 3.49. The third-order valence-corrected chi connectivity index (χ3v) is 4.47. The molecule has 130 valence electrons. The summed E-state index contributed by atoms with van der Waals surface area (Å²) in [5, 5.41) is 4.11. The number of benzene rings is 1. The molecule has 0 spiro atoms. The number of halogens is 3. The van der Waals surface area contributed by atoms with Gasteiger partial charge in [-0.2, -0.15) is 0 Å². The zero-order valence-corrected chi connectivity index (χ0v) is 16.4. The second-order valence-corrected chi connectivity index (χ2v) is 7.07. The van der Waals surface area contributed by atoms with Crippen molar-refractivity contribution in [3.63, 3.8) is 0 Å². The molecule has 2 heterocycles. The number of pyridine rings is 1. The van der Waals surface area contributed by atoms with Crippen molar-refractivity contribution in [2.75, 3.05) is 13.7 Å². The Morgan fingerprint density at radius 3 is 2.76 bits per heavy atom. The van der Waals surface area contributed by atoms with E-state index in [1.165, 1.54) is 0 Å². The van der Waals surface area contributed by atoms with E-state index in [9.17, 15) is 0 Å². The Balaban J connectivity index is 1.76. The molecule has 0 unspecified atom stereocenters. The molecule has 1 aliphatic rings. The lowest BCUT2D eigenvalue weighted by molar-refractivity contribution is 0.402. The zero-order valence-electron chi connectivity index (χ0n) is 13.3. The Bertz CT molecular complexity index is 824. The van der Waals surface area contributed by atoms with Gasteiger partial charge in [-0.15, -0.1) is 0 Å². The summed E-state index contributed by atoms with van der Waals surface area (Å²) >= 11 is 15.5. The average molecular weight is 442 g/mol.